The van der Waals surface area contributed by atoms with Crippen molar-refractivity contribution in [2.45, 2.75) is 61.4 Å². The molecule has 25 heavy (non-hydrogen) atoms. The number of hydrogen-bond acceptors (Lipinski definition) is 10. The van der Waals surface area contributed by atoms with Crippen molar-refractivity contribution in [3.8, 4) is 0 Å². The fourth-order valence-corrected chi connectivity index (χ4v) is 3.11. The number of hydrogen-bond donors (Lipinski definition) is 7. The summed E-state index contributed by atoms with van der Waals surface area (Å²) in [4.78, 5) is 0. The van der Waals surface area contributed by atoms with Crippen LogP contribution < -0.4 is 0 Å². The SMILES string of the molecule is C[O+](C)[C@H]1[C@@H](O)[C@@H](CO)O[C@@H](O[C@H]2[C@H](O)[C@@H](O)[C@H](O)O[C@@H]2CO)[C@@H]1O. The molecule has 0 aromatic carbocycles. The van der Waals surface area contributed by atoms with Gasteiger partial charge in [-0.2, -0.15) is 0 Å². The molecule has 0 amide bonds. The van der Waals surface area contributed by atoms with Crippen LogP contribution in [0.5, 0.6) is 0 Å². The molecule has 0 spiro atoms. The summed E-state index contributed by atoms with van der Waals surface area (Å²) in [7, 11) is 3.06. The molecule has 0 bridgehead atoms. The van der Waals surface area contributed by atoms with E-state index in [-0.39, 0.29) is 0 Å². The van der Waals surface area contributed by atoms with Crippen LogP contribution in [0, 0.1) is 0 Å². The van der Waals surface area contributed by atoms with Crippen LogP contribution in [0.25, 0.3) is 0 Å². The van der Waals surface area contributed by atoms with Crippen LogP contribution in [-0.4, -0.2) is 125 Å². The molecule has 0 aromatic rings. The average molecular weight is 371 g/mol. The largest absolute Gasteiger partial charge is 0.420 e. The Morgan fingerprint density at radius 1 is 0.800 bits per heavy atom. The van der Waals surface area contributed by atoms with Crippen LogP contribution in [0.2, 0.25) is 0 Å². The maximum Gasteiger partial charge on any atom is 0.216 e. The first kappa shape index (κ1) is 20.9. The Kier molecular flexibility index (Phi) is 7.09. The lowest BCUT2D eigenvalue weighted by molar-refractivity contribution is -0.370. The van der Waals surface area contributed by atoms with Gasteiger partial charge in [0, 0.05) is 0 Å². The maximum absolute atomic E-state index is 10.4. The zero-order valence-electron chi connectivity index (χ0n) is 14.0. The Balaban J connectivity index is 2.18. The minimum Gasteiger partial charge on any atom is -0.420 e. The van der Waals surface area contributed by atoms with Crippen LogP contribution >= 0.6 is 0 Å². The number of aliphatic hydroxyl groups excluding tert-OH is 7. The number of aliphatic hydroxyl groups is 7. The summed E-state index contributed by atoms with van der Waals surface area (Å²) in [6, 6.07) is 0. The van der Waals surface area contributed by atoms with E-state index < -0.39 is 74.6 Å². The summed E-state index contributed by atoms with van der Waals surface area (Å²) in [6.45, 7) is -1.18. The van der Waals surface area contributed by atoms with Gasteiger partial charge in [-0.15, -0.1) is 0 Å². The predicted octanol–water partition coefficient (Wildman–Crippen LogP) is -4.58. The van der Waals surface area contributed by atoms with Gasteiger partial charge in [-0.3, -0.25) is 0 Å². The van der Waals surface area contributed by atoms with E-state index in [4.69, 9.17) is 14.2 Å². The van der Waals surface area contributed by atoms with Crippen molar-refractivity contribution in [1.29, 1.82) is 0 Å². The lowest BCUT2D eigenvalue weighted by atomic mass is 9.96. The lowest BCUT2D eigenvalue weighted by Gasteiger charge is -2.45. The van der Waals surface area contributed by atoms with E-state index >= 15 is 0 Å². The van der Waals surface area contributed by atoms with Crippen LogP contribution in [0.3, 0.4) is 0 Å². The smallest absolute Gasteiger partial charge is 0.216 e. The van der Waals surface area contributed by atoms with Crippen molar-refractivity contribution < 1.29 is 54.3 Å². The molecule has 0 aromatic heterocycles. The van der Waals surface area contributed by atoms with Gasteiger partial charge in [-0.25, -0.2) is 0 Å². The molecule has 2 heterocycles. The van der Waals surface area contributed by atoms with Crippen molar-refractivity contribution in [2.75, 3.05) is 27.4 Å². The zero-order chi connectivity index (χ0) is 18.9. The quantitative estimate of drug-likeness (QED) is 0.233. The van der Waals surface area contributed by atoms with Gasteiger partial charge in [-0.1, -0.05) is 0 Å². The van der Waals surface area contributed by atoms with Gasteiger partial charge in [-0.05, 0) is 0 Å². The molecule has 0 unspecified atom stereocenters. The molecule has 10 atom stereocenters. The first-order chi connectivity index (χ1) is 11.7. The molecule has 2 saturated heterocycles. The third-order valence-corrected chi connectivity index (χ3v) is 4.50. The molecule has 2 fully saturated rings. The second-order valence-corrected chi connectivity index (χ2v) is 6.38. The number of rotatable bonds is 5. The average Bonchev–Trinajstić information content (AvgIpc) is 2.56. The lowest BCUT2D eigenvalue weighted by Crippen LogP contribution is -2.65. The molecule has 2 rings (SSSR count). The summed E-state index contributed by atoms with van der Waals surface area (Å²) in [6.07, 6.45) is -13.5. The highest BCUT2D eigenvalue weighted by Crippen LogP contribution is 2.30. The van der Waals surface area contributed by atoms with Crippen LogP contribution in [0.1, 0.15) is 0 Å². The minimum atomic E-state index is -1.71. The summed E-state index contributed by atoms with van der Waals surface area (Å²) in [5, 5.41) is 68.6. The Morgan fingerprint density at radius 2 is 1.40 bits per heavy atom. The molecule has 0 aliphatic carbocycles. The highest BCUT2D eigenvalue weighted by Gasteiger charge is 2.53. The Hall–Kier alpha value is -0.440. The summed E-state index contributed by atoms with van der Waals surface area (Å²) in [5.74, 6) is 0. The molecule has 2 aliphatic rings. The Morgan fingerprint density at radius 3 is 1.92 bits per heavy atom. The molecule has 2 aliphatic heterocycles. The standard InChI is InChI=1S/C14H27O11/c1-25(2)12-7(17)5(3-15)23-14(10(12)20)24-11-6(4-16)22-13(21)9(19)8(11)18/h5-21H,3-4H2,1-2H3/q+1/t5-,6-,7+,8-,9-,10-,11-,12+,13-,14+/m1/s1. The topological polar surface area (TPSA) is 172 Å². The van der Waals surface area contributed by atoms with E-state index in [0.717, 1.165) is 0 Å². The first-order valence-corrected chi connectivity index (χ1v) is 7.87. The predicted molar refractivity (Wildman–Crippen MR) is 79.3 cm³/mol. The van der Waals surface area contributed by atoms with Crippen molar-refractivity contribution in [3.63, 3.8) is 0 Å². The van der Waals surface area contributed by atoms with Crippen molar-refractivity contribution in [1.82, 2.24) is 0 Å². The normalized spacial score (nSPS) is 48.7. The van der Waals surface area contributed by atoms with Gasteiger partial charge in [0.1, 0.15) is 44.7 Å². The van der Waals surface area contributed by atoms with Gasteiger partial charge in [0.2, 0.25) is 6.10 Å². The van der Waals surface area contributed by atoms with E-state index in [1.165, 1.54) is 14.2 Å². The van der Waals surface area contributed by atoms with E-state index in [0.29, 0.717) is 0 Å². The van der Waals surface area contributed by atoms with Gasteiger partial charge in [0.05, 0.1) is 13.2 Å². The minimum absolute atomic E-state index is 0.548. The third kappa shape index (κ3) is 4.12. The second-order valence-electron chi connectivity index (χ2n) is 6.38. The molecule has 0 saturated carbocycles. The summed E-state index contributed by atoms with van der Waals surface area (Å²) in [5.41, 5.74) is 0. The third-order valence-electron chi connectivity index (χ3n) is 4.50. The fourth-order valence-electron chi connectivity index (χ4n) is 3.11. The Bertz CT molecular complexity index is 420. The fraction of sp³-hybridized carbons (Fsp3) is 1.00. The highest BCUT2D eigenvalue weighted by molar-refractivity contribution is 4.94. The molecular formula is C14H27O11+. The molecule has 11 heteroatoms. The van der Waals surface area contributed by atoms with E-state index in [1.54, 1.807) is 0 Å². The van der Waals surface area contributed by atoms with Gasteiger partial charge in [0.25, 0.3) is 0 Å². The maximum atomic E-state index is 10.4. The van der Waals surface area contributed by atoms with E-state index in [1.807, 2.05) is 0 Å². The Labute approximate surface area is 144 Å². The van der Waals surface area contributed by atoms with Gasteiger partial charge < -0.3 is 54.3 Å². The van der Waals surface area contributed by atoms with Crippen LogP contribution in [-0.2, 0) is 18.6 Å². The van der Waals surface area contributed by atoms with Crippen LogP contribution in [0.15, 0.2) is 0 Å². The van der Waals surface area contributed by atoms with Gasteiger partial charge >= 0.3 is 0 Å². The molecule has 7 N–H and O–H groups in total. The van der Waals surface area contributed by atoms with E-state index in [2.05, 4.69) is 4.37 Å². The molecule has 11 nitrogen and oxygen atoms in total. The summed E-state index contributed by atoms with van der Waals surface area (Å²) < 4.78 is 18.2. The monoisotopic (exact) mass is 371 g/mol. The van der Waals surface area contributed by atoms with Crippen molar-refractivity contribution >= 4 is 0 Å². The molecule has 148 valence electrons. The molecular weight excluding hydrogens is 344 g/mol. The highest BCUT2D eigenvalue weighted by atomic mass is 16.7. The van der Waals surface area contributed by atoms with Crippen molar-refractivity contribution in [2.24, 2.45) is 0 Å². The van der Waals surface area contributed by atoms with Gasteiger partial charge in [0.15, 0.2) is 24.8 Å². The first-order valence-electron chi connectivity index (χ1n) is 7.87. The summed E-state index contributed by atoms with van der Waals surface area (Å²) >= 11 is 0. The zero-order valence-corrected chi connectivity index (χ0v) is 14.0. The van der Waals surface area contributed by atoms with Crippen molar-refractivity contribution in [3.05, 3.63) is 0 Å². The second kappa shape index (κ2) is 8.50. The number of ether oxygens (including phenoxy) is 3. The molecule has 0 radical (unpaired) electrons. The van der Waals surface area contributed by atoms with E-state index in [9.17, 15) is 35.7 Å². The van der Waals surface area contributed by atoms with Crippen LogP contribution in [0.4, 0.5) is 0 Å².